The lowest BCUT2D eigenvalue weighted by molar-refractivity contribution is -0.126. The van der Waals surface area contributed by atoms with E-state index in [1.165, 1.54) is 4.90 Å². The molecule has 2 aliphatic heterocycles. The second kappa shape index (κ2) is 7.56. The van der Waals surface area contributed by atoms with Crippen LogP contribution in [0.2, 0.25) is 0 Å². The lowest BCUT2D eigenvalue weighted by Gasteiger charge is -2.34. The number of para-hydroxylation sites is 1. The molecule has 3 heterocycles. The summed E-state index contributed by atoms with van der Waals surface area (Å²) in [5, 5.41) is 0.378. The van der Waals surface area contributed by atoms with Gasteiger partial charge in [-0.25, -0.2) is 0 Å². The van der Waals surface area contributed by atoms with Gasteiger partial charge < -0.3 is 19.0 Å². The van der Waals surface area contributed by atoms with Crippen molar-refractivity contribution in [2.24, 2.45) is 0 Å². The summed E-state index contributed by atoms with van der Waals surface area (Å²) in [6.45, 7) is 6.83. The molecule has 2 aromatic carbocycles. The maximum absolute atomic E-state index is 14.1. The van der Waals surface area contributed by atoms with Crippen LogP contribution in [0.1, 0.15) is 46.2 Å². The number of benzene rings is 2. The molecule has 5 rings (SSSR count). The Morgan fingerprint density at radius 3 is 2.52 bits per heavy atom. The highest BCUT2D eigenvalue weighted by molar-refractivity contribution is 6.17. The van der Waals surface area contributed by atoms with Crippen LogP contribution in [-0.2, 0) is 15.1 Å². The van der Waals surface area contributed by atoms with Crippen molar-refractivity contribution in [3.8, 4) is 0 Å². The van der Waals surface area contributed by atoms with E-state index in [0.29, 0.717) is 41.8 Å². The molecule has 0 saturated carbocycles. The van der Waals surface area contributed by atoms with Crippen LogP contribution in [0.15, 0.2) is 45.6 Å². The van der Waals surface area contributed by atoms with Crippen LogP contribution in [0.4, 0.5) is 5.69 Å². The molecule has 170 valence electrons. The van der Waals surface area contributed by atoms with Crippen molar-refractivity contribution in [1.82, 2.24) is 4.90 Å². The van der Waals surface area contributed by atoms with E-state index in [2.05, 4.69) is 0 Å². The fourth-order valence-corrected chi connectivity index (χ4v) is 5.23. The molecule has 3 aromatic rings. The highest BCUT2D eigenvalue weighted by atomic mass is 16.5. The van der Waals surface area contributed by atoms with Gasteiger partial charge in [-0.05, 0) is 56.5 Å². The van der Waals surface area contributed by atoms with E-state index in [9.17, 15) is 14.4 Å². The Hall–Kier alpha value is -3.45. The van der Waals surface area contributed by atoms with Crippen LogP contribution < -0.4 is 10.3 Å². The minimum Gasteiger partial charge on any atom is -0.450 e. The molecule has 7 nitrogen and oxygen atoms in total. The molecule has 0 bridgehead atoms. The number of hydrogen-bond donors (Lipinski definition) is 0. The molecule has 1 atom stereocenters. The normalized spacial score (nSPS) is 19.2. The van der Waals surface area contributed by atoms with Crippen LogP contribution in [0.3, 0.4) is 0 Å². The molecule has 2 amide bonds. The molecule has 2 aliphatic rings. The molecule has 1 aromatic heterocycles. The SMILES string of the molecule is CCN1C(=O)C2(c3ccccc31)c1c(oc3cc(C)c(C)cc3c1=O)C(=O)N2CCCOC. The first-order valence-corrected chi connectivity index (χ1v) is 11.2. The summed E-state index contributed by atoms with van der Waals surface area (Å²) in [5.74, 6) is -0.792. The predicted octanol–water partition coefficient (Wildman–Crippen LogP) is 3.51. The maximum atomic E-state index is 14.1. The smallest absolute Gasteiger partial charge is 0.291 e. The molecular formula is C26H26N2O5. The number of hydrogen-bond acceptors (Lipinski definition) is 5. The first-order valence-electron chi connectivity index (χ1n) is 11.2. The number of ether oxygens (including phenoxy) is 1. The van der Waals surface area contributed by atoms with Crippen molar-refractivity contribution in [2.45, 2.75) is 32.7 Å². The second-order valence-electron chi connectivity index (χ2n) is 8.65. The summed E-state index contributed by atoms with van der Waals surface area (Å²) in [6, 6.07) is 10.9. The number of anilines is 1. The van der Waals surface area contributed by atoms with E-state index in [4.69, 9.17) is 9.15 Å². The predicted molar refractivity (Wildman–Crippen MR) is 125 cm³/mol. The van der Waals surface area contributed by atoms with E-state index in [0.717, 1.165) is 11.1 Å². The van der Waals surface area contributed by atoms with Crippen LogP contribution in [0, 0.1) is 13.8 Å². The van der Waals surface area contributed by atoms with Crippen LogP contribution in [0.5, 0.6) is 0 Å². The maximum Gasteiger partial charge on any atom is 0.291 e. The number of carbonyl (C=O) groups is 2. The van der Waals surface area contributed by atoms with E-state index in [-0.39, 0.29) is 29.2 Å². The van der Waals surface area contributed by atoms with E-state index in [1.54, 1.807) is 24.1 Å². The van der Waals surface area contributed by atoms with Gasteiger partial charge in [0.25, 0.3) is 11.8 Å². The summed E-state index contributed by atoms with van der Waals surface area (Å²) in [7, 11) is 1.59. The Morgan fingerprint density at radius 2 is 1.79 bits per heavy atom. The Balaban J connectivity index is 1.88. The van der Waals surface area contributed by atoms with Crippen molar-refractivity contribution >= 4 is 28.5 Å². The molecular weight excluding hydrogens is 420 g/mol. The molecule has 0 fully saturated rings. The summed E-state index contributed by atoms with van der Waals surface area (Å²) in [5.41, 5.74) is 1.85. The average molecular weight is 447 g/mol. The van der Waals surface area contributed by atoms with Gasteiger partial charge >= 0.3 is 0 Å². The number of fused-ring (bicyclic) bond motifs is 5. The van der Waals surface area contributed by atoms with Gasteiger partial charge in [-0.15, -0.1) is 0 Å². The third-order valence-corrected chi connectivity index (χ3v) is 6.90. The minimum absolute atomic E-state index is 0.0470. The van der Waals surface area contributed by atoms with Crippen molar-refractivity contribution in [3.05, 3.63) is 74.6 Å². The van der Waals surface area contributed by atoms with Gasteiger partial charge in [0.05, 0.1) is 16.6 Å². The highest BCUT2D eigenvalue weighted by Gasteiger charge is 2.64. The lowest BCUT2D eigenvalue weighted by Crippen LogP contribution is -2.53. The van der Waals surface area contributed by atoms with Crippen LogP contribution >= 0.6 is 0 Å². The monoisotopic (exact) mass is 446 g/mol. The highest BCUT2D eigenvalue weighted by Crippen LogP contribution is 2.52. The summed E-state index contributed by atoms with van der Waals surface area (Å²) >= 11 is 0. The fourth-order valence-electron chi connectivity index (χ4n) is 5.23. The quantitative estimate of drug-likeness (QED) is 0.561. The average Bonchev–Trinajstić information content (AvgIpc) is 3.20. The third-order valence-electron chi connectivity index (χ3n) is 6.90. The Bertz CT molecular complexity index is 1380. The summed E-state index contributed by atoms with van der Waals surface area (Å²) < 4.78 is 11.3. The zero-order chi connectivity index (χ0) is 23.5. The first kappa shape index (κ1) is 21.4. The minimum atomic E-state index is -1.54. The van der Waals surface area contributed by atoms with Crippen molar-refractivity contribution < 1.29 is 18.7 Å². The Labute approximate surface area is 191 Å². The third kappa shape index (κ3) is 2.69. The van der Waals surface area contributed by atoms with Gasteiger partial charge in [-0.2, -0.15) is 0 Å². The molecule has 33 heavy (non-hydrogen) atoms. The fraction of sp³-hybridized carbons (Fsp3) is 0.346. The zero-order valence-corrected chi connectivity index (χ0v) is 19.2. The van der Waals surface area contributed by atoms with Gasteiger partial charge in [0.15, 0.2) is 11.0 Å². The summed E-state index contributed by atoms with van der Waals surface area (Å²) in [4.78, 5) is 45.0. The Kier molecular flexibility index (Phi) is 4.90. The topological polar surface area (TPSA) is 80.1 Å². The van der Waals surface area contributed by atoms with Crippen molar-refractivity contribution in [2.75, 3.05) is 31.7 Å². The first-order chi connectivity index (χ1) is 15.9. The van der Waals surface area contributed by atoms with Crippen molar-refractivity contribution in [3.63, 3.8) is 0 Å². The molecule has 7 heteroatoms. The number of methoxy groups -OCH3 is 1. The largest absolute Gasteiger partial charge is 0.450 e. The molecule has 0 N–H and O–H groups in total. The number of nitrogens with zero attached hydrogens (tertiary/aromatic N) is 2. The molecule has 0 saturated heterocycles. The molecule has 0 radical (unpaired) electrons. The van der Waals surface area contributed by atoms with Gasteiger partial charge in [0.2, 0.25) is 5.76 Å². The van der Waals surface area contributed by atoms with Gasteiger partial charge in [0, 0.05) is 32.4 Å². The molecule has 0 aliphatic carbocycles. The van der Waals surface area contributed by atoms with Crippen LogP contribution in [0.25, 0.3) is 11.0 Å². The zero-order valence-electron chi connectivity index (χ0n) is 19.2. The summed E-state index contributed by atoms with van der Waals surface area (Å²) in [6.07, 6.45) is 0.519. The number of aryl methyl sites for hydroxylation is 2. The van der Waals surface area contributed by atoms with Crippen LogP contribution in [-0.4, -0.2) is 43.5 Å². The number of likely N-dealkylation sites (N-methyl/N-ethyl adjacent to an activating group) is 1. The Morgan fingerprint density at radius 1 is 1.06 bits per heavy atom. The number of amides is 2. The lowest BCUT2D eigenvalue weighted by atomic mass is 9.83. The standard InChI is InChI=1S/C26H26N2O5/c1-5-27-19-10-7-6-9-18(19)26(25(27)31)21-22(29)17-13-15(2)16(3)14-20(17)33-23(21)24(30)28(26)11-8-12-32-4/h6-7,9-10,13-14H,5,8,11-12H2,1-4H3. The van der Waals surface area contributed by atoms with E-state index < -0.39 is 11.4 Å². The second-order valence-corrected chi connectivity index (χ2v) is 8.65. The van der Waals surface area contributed by atoms with E-state index >= 15 is 0 Å². The van der Waals surface area contributed by atoms with Crippen molar-refractivity contribution in [1.29, 1.82) is 0 Å². The van der Waals surface area contributed by atoms with Gasteiger partial charge in [0.1, 0.15) is 5.58 Å². The molecule has 1 spiro atoms. The van der Waals surface area contributed by atoms with Gasteiger partial charge in [-0.1, -0.05) is 18.2 Å². The van der Waals surface area contributed by atoms with Gasteiger partial charge in [-0.3, -0.25) is 14.4 Å². The molecule has 1 unspecified atom stereocenters. The van der Waals surface area contributed by atoms with E-state index in [1.807, 2.05) is 45.0 Å². The number of rotatable bonds is 5. The number of carbonyl (C=O) groups excluding carboxylic acids is 2.